The Kier molecular flexibility index (Phi) is 7.60. The van der Waals surface area contributed by atoms with Crippen molar-refractivity contribution in [1.29, 1.82) is 5.26 Å². The number of benzene rings is 6. The topological polar surface area (TPSA) is 75.6 Å². The molecule has 2 aromatic heterocycles. The minimum Gasteiger partial charge on any atom is -0.455 e. The Morgan fingerprint density at radius 2 is 1.11 bits per heavy atom. The van der Waals surface area contributed by atoms with E-state index in [9.17, 15) is 5.26 Å². The van der Waals surface area contributed by atoms with Gasteiger partial charge in [0.05, 0.1) is 17.2 Å². The van der Waals surface area contributed by atoms with Crippen molar-refractivity contribution < 1.29 is 4.42 Å². The van der Waals surface area contributed by atoms with Crippen LogP contribution in [0.25, 0.3) is 78.4 Å². The number of rotatable bonds is 5. The Morgan fingerprint density at radius 3 is 1.92 bits per heavy atom. The van der Waals surface area contributed by atoms with Gasteiger partial charge in [-0.2, -0.15) is 5.26 Å². The van der Waals surface area contributed by atoms with Crippen molar-refractivity contribution in [2.75, 3.05) is 0 Å². The van der Waals surface area contributed by atoms with Crippen molar-refractivity contribution in [3.8, 4) is 62.5 Å². The molecule has 0 fully saturated rings. The quantitative estimate of drug-likeness (QED) is 0.180. The van der Waals surface area contributed by atoms with Gasteiger partial charge in [0.2, 0.25) is 0 Å². The molecule has 53 heavy (non-hydrogen) atoms. The van der Waals surface area contributed by atoms with Crippen LogP contribution in [-0.2, 0) is 10.8 Å². The fourth-order valence-corrected chi connectivity index (χ4v) is 7.90. The minimum atomic E-state index is 0.0561. The fraction of sp³-hybridized carbons (Fsp3) is 0.167. The van der Waals surface area contributed by atoms with E-state index in [0.29, 0.717) is 23.0 Å². The first kappa shape index (κ1) is 32.5. The van der Waals surface area contributed by atoms with Gasteiger partial charge in [0, 0.05) is 21.9 Å². The maximum Gasteiger partial charge on any atom is 0.167 e. The van der Waals surface area contributed by atoms with E-state index in [2.05, 4.69) is 94.4 Å². The van der Waals surface area contributed by atoms with Crippen LogP contribution in [0.1, 0.15) is 57.2 Å². The molecule has 5 nitrogen and oxygen atoms in total. The Labute approximate surface area is 309 Å². The van der Waals surface area contributed by atoms with Gasteiger partial charge in [-0.15, -0.1) is 0 Å². The molecule has 0 aliphatic heterocycles. The predicted molar refractivity (Wildman–Crippen MR) is 214 cm³/mol. The number of nitriles is 1. The summed E-state index contributed by atoms with van der Waals surface area (Å²) < 4.78 is 6.45. The van der Waals surface area contributed by atoms with Crippen molar-refractivity contribution in [3.05, 3.63) is 150 Å². The van der Waals surface area contributed by atoms with Crippen molar-refractivity contribution in [3.63, 3.8) is 0 Å². The third-order valence-electron chi connectivity index (χ3n) is 11.0. The van der Waals surface area contributed by atoms with E-state index in [1.807, 2.05) is 72.8 Å². The lowest BCUT2D eigenvalue weighted by Crippen LogP contribution is -2.33. The summed E-state index contributed by atoms with van der Waals surface area (Å²) in [6.07, 6.45) is 2.28. The molecule has 1 aliphatic carbocycles. The molecule has 0 unspecified atom stereocenters. The number of para-hydroxylation sites is 2. The van der Waals surface area contributed by atoms with Gasteiger partial charge in [-0.25, -0.2) is 15.0 Å². The zero-order valence-corrected chi connectivity index (χ0v) is 30.3. The lowest BCUT2D eigenvalue weighted by molar-refractivity contribution is 0.332. The molecule has 256 valence electrons. The molecule has 0 atom stereocenters. The predicted octanol–water partition coefficient (Wildman–Crippen LogP) is 12.3. The van der Waals surface area contributed by atoms with Gasteiger partial charge in [-0.3, -0.25) is 0 Å². The number of nitrogens with zero attached hydrogens (tertiary/aromatic N) is 4. The van der Waals surface area contributed by atoms with Crippen molar-refractivity contribution in [1.82, 2.24) is 15.0 Å². The normalized spacial score (nSPS) is 14.5. The standard InChI is InChI=1S/C48H38N4O/c1-47(2)22-23-48(3,4)41-28-33(20-21-40(41)47)35-24-30(29-49)25-36(27-35)45-50-44(34-15-10-14-32(26-34)31-12-6-5-7-13-31)51-46(52-45)39-18-11-17-38-37-16-8-9-19-42(37)53-43(38)39/h5-21,24-28H,22-23H2,1-4H3. The van der Waals surface area contributed by atoms with Gasteiger partial charge in [0.1, 0.15) is 11.2 Å². The number of hydrogen-bond donors (Lipinski definition) is 0. The first-order valence-corrected chi connectivity index (χ1v) is 18.2. The molecular weight excluding hydrogens is 649 g/mol. The second-order valence-electron chi connectivity index (χ2n) is 15.5. The van der Waals surface area contributed by atoms with E-state index < -0.39 is 0 Å². The van der Waals surface area contributed by atoms with Gasteiger partial charge in [0.15, 0.2) is 17.5 Å². The highest BCUT2D eigenvalue weighted by Crippen LogP contribution is 2.47. The summed E-state index contributed by atoms with van der Waals surface area (Å²) in [6, 6.07) is 47.9. The Morgan fingerprint density at radius 1 is 0.509 bits per heavy atom. The molecule has 0 saturated carbocycles. The van der Waals surface area contributed by atoms with Gasteiger partial charge in [0.25, 0.3) is 0 Å². The summed E-state index contributed by atoms with van der Waals surface area (Å²) in [5.74, 6) is 1.53. The summed E-state index contributed by atoms with van der Waals surface area (Å²) in [6.45, 7) is 9.36. The van der Waals surface area contributed by atoms with Gasteiger partial charge >= 0.3 is 0 Å². The zero-order valence-electron chi connectivity index (χ0n) is 30.3. The molecule has 0 saturated heterocycles. The molecule has 9 rings (SSSR count). The Balaban J connectivity index is 1.25. The SMILES string of the molecule is CC1(C)CCC(C)(C)c2cc(-c3cc(C#N)cc(-c4nc(-c5cccc(-c6ccccc6)c5)nc(-c5cccc6c5oc5ccccc56)n4)c3)ccc21. The van der Waals surface area contributed by atoms with Crippen molar-refractivity contribution >= 4 is 21.9 Å². The van der Waals surface area contributed by atoms with Gasteiger partial charge < -0.3 is 4.42 Å². The summed E-state index contributed by atoms with van der Waals surface area (Å²) in [5, 5.41) is 12.3. The number of aromatic nitrogens is 3. The maximum absolute atomic E-state index is 10.3. The summed E-state index contributed by atoms with van der Waals surface area (Å²) in [5.41, 5.74) is 11.6. The third-order valence-corrected chi connectivity index (χ3v) is 11.0. The van der Waals surface area contributed by atoms with Crippen LogP contribution in [0.4, 0.5) is 0 Å². The molecule has 1 aliphatic rings. The van der Waals surface area contributed by atoms with Gasteiger partial charge in [-0.1, -0.05) is 125 Å². The minimum absolute atomic E-state index is 0.0561. The first-order valence-electron chi connectivity index (χ1n) is 18.2. The van der Waals surface area contributed by atoms with E-state index in [1.54, 1.807) is 0 Å². The number of furan rings is 1. The summed E-state index contributed by atoms with van der Waals surface area (Å²) in [4.78, 5) is 15.4. The average Bonchev–Trinajstić information content (AvgIpc) is 3.58. The molecule has 8 aromatic rings. The molecule has 0 amide bonds. The van der Waals surface area contributed by atoms with Crippen LogP contribution in [0.2, 0.25) is 0 Å². The molecule has 6 aromatic carbocycles. The monoisotopic (exact) mass is 686 g/mol. The molecule has 0 N–H and O–H groups in total. The second kappa shape index (κ2) is 12.4. The van der Waals surface area contributed by atoms with Crippen LogP contribution in [0.15, 0.2) is 138 Å². The smallest absolute Gasteiger partial charge is 0.167 e. The van der Waals surface area contributed by atoms with E-state index in [4.69, 9.17) is 19.4 Å². The van der Waals surface area contributed by atoms with Gasteiger partial charge in [-0.05, 0) is 93.5 Å². The number of fused-ring (bicyclic) bond motifs is 4. The fourth-order valence-electron chi connectivity index (χ4n) is 7.90. The van der Waals surface area contributed by atoms with E-state index >= 15 is 0 Å². The van der Waals surface area contributed by atoms with Crippen LogP contribution in [0.5, 0.6) is 0 Å². The first-order chi connectivity index (χ1) is 25.7. The highest BCUT2D eigenvalue weighted by atomic mass is 16.3. The highest BCUT2D eigenvalue weighted by Gasteiger charge is 2.37. The maximum atomic E-state index is 10.3. The molecule has 0 spiro atoms. The Hall–Kier alpha value is -6.38. The largest absolute Gasteiger partial charge is 0.455 e. The highest BCUT2D eigenvalue weighted by molar-refractivity contribution is 6.09. The molecule has 5 heteroatoms. The van der Waals surface area contributed by atoms with Crippen LogP contribution >= 0.6 is 0 Å². The van der Waals surface area contributed by atoms with E-state index in [-0.39, 0.29) is 10.8 Å². The van der Waals surface area contributed by atoms with Crippen molar-refractivity contribution in [2.24, 2.45) is 0 Å². The second-order valence-corrected chi connectivity index (χ2v) is 15.5. The molecule has 0 bridgehead atoms. The summed E-state index contributed by atoms with van der Waals surface area (Å²) >= 11 is 0. The van der Waals surface area contributed by atoms with Crippen LogP contribution in [0.3, 0.4) is 0 Å². The van der Waals surface area contributed by atoms with E-state index in [1.165, 1.54) is 11.1 Å². The average molecular weight is 687 g/mol. The van der Waals surface area contributed by atoms with Crippen molar-refractivity contribution in [2.45, 2.75) is 51.4 Å². The van der Waals surface area contributed by atoms with Crippen LogP contribution in [-0.4, -0.2) is 15.0 Å². The number of hydrogen-bond acceptors (Lipinski definition) is 5. The summed E-state index contributed by atoms with van der Waals surface area (Å²) in [7, 11) is 0. The molecule has 2 heterocycles. The zero-order chi connectivity index (χ0) is 36.3. The third kappa shape index (κ3) is 5.77. The Bertz CT molecular complexity index is 2750. The lowest BCUT2D eigenvalue weighted by Gasteiger charge is -2.42. The van der Waals surface area contributed by atoms with Crippen LogP contribution < -0.4 is 0 Å². The molecule has 0 radical (unpaired) electrons. The lowest BCUT2D eigenvalue weighted by atomic mass is 9.63. The van der Waals surface area contributed by atoms with Crippen LogP contribution in [0, 0.1) is 11.3 Å². The van der Waals surface area contributed by atoms with E-state index in [0.717, 1.165) is 73.7 Å². The molecular formula is C48H38N4O.